The molecule has 2 rings (SSSR count). The predicted molar refractivity (Wildman–Crippen MR) is 117 cm³/mol. The van der Waals surface area contributed by atoms with Crippen LogP contribution < -0.4 is 21.1 Å². The summed E-state index contributed by atoms with van der Waals surface area (Å²) in [7, 11) is 5.19. The molecule has 2 amide bonds. The molecule has 8 heteroatoms. The number of hydrogen-bond acceptors (Lipinski definition) is 4. The van der Waals surface area contributed by atoms with E-state index in [1.54, 1.807) is 32.1 Å². The molecule has 160 valence electrons. The molecule has 0 aliphatic carbocycles. The van der Waals surface area contributed by atoms with Crippen LogP contribution >= 0.6 is 0 Å². The van der Waals surface area contributed by atoms with Crippen LogP contribution in [0.15, 0.2) is 53.5 Å². The summed E-state index contributed by atoms with van der Waals surface area (Å²) in [5, 5.41) is 6.50. The zero-order valence-electron chi connectivity index (χ0n) is 17.6. The fourth-order valence-electron chi connectivity index (χ4n) is 2.75. The summed E-state index contributed by atoms with van der Waals surface area (Å²) >= 11 is 0. The van der Waals surface area contributed by atoms with Crippen molar-refractivity contribution in [2.75, 3.05) is 34.3 Å². The number of nitrogens with one attached hydrogen (secondary N) is 2. The molecule has 2 aromatic carbocycles. The number of aliphatic imine (C=N–C) groups is 1. The summed E-state index contributed by atoms with van der Waals surface area (Å²) < 4.78 is 5.32. The number of amides is 2. The lowest BCUT2D eigenvalue weighted by Crippen LogP contribution is -2.37. The van der Waals surface area contributed by atoms with Crippen LogP contribution in [0.25, 0.3) is 0 Å². The van der Waals surface area contributed by atoms with E-state index >= 15 is 0 Å². The molecule has 0 saturated heterocycles. The van der Waals surface area contributed by atoms with Crippen LogP contribution in [-0.4, -0.2) is 57.0 Å². The van der Waals surface area contributed by atoms with E-state index in [0.29, 0.717) is 30.4 Å². The summed E-state index contributed by atoms with van der Waals surface area (Å²) in [5.74, 6) is 0.728. The van der Waals surface area contributed by atoms with Gasteiger partial charge in [-0.1, -0.05) is 24.3 Å². The molecule has 0 aliphatic rings. The molecule has 0 saturated carbocycles. The van der Waals surface area contributed by atoms with Crippen molar-refractivity contribution in [2.45, 2.75) is 13.0 Å². The van der Waals surface area contributed by atoms with Crippen molar-refractivity contribution >= 4 is 17.8 Å². The third-order valence-corrected chi connectivity index (χ3v) is 4.25. The molecular formula is C22H29N5O3. The number of carbonyl (C=O) groups is 2. The molecule has 0 spiro atoms. The third kappa shape index (κ3) is 7.46. The van der Waals surface area contributed by atoms with Crippen molar-refractivity contribution in [3.63, 3.8) is 0 Å². The molecule has 4 N–H and O–H groups in total. The number of primary amides is 1. The maximum absolute atomic E-state index is 12.1. The Kier molecular flexibility index (Phi) is 8.68. The lowest BCUT2D eigenvalue weighted by Gasteiger charge is -2.14. The summed E-state index contributed by atoms with van der Waals surface area (Å²) in [6.07, 6.45) is 0.756. The van der Waals surface area contributed by atoms with Gasteiger partial charge in [0.1, 0.15) is 5.75 Å². The molecule has 30 heavy (non-hydrogen) atoms. The summed E-state index contributed by atoms with van der Waals surface area (Å²) in [4.78, 5) is 28.7. The van der Waals surface area contributed by atoms with E-state index in [0.717, 1.165) is 17.5 Å². The Labute approximate surface area is 177 Å². The van der Waals surface area contributed by atoms with Crippen LogP contribution in [0.3, 0.4) is 0 Å². The highest BCUT2D eigenvalue weighted by Crippen LogP contribution is 2.13. The number of nitrogens with zero attached hydrogens (tertiary/aromatic N) is 2. The molecule has 2 aromatic rings. The third-order valence-electron chi connectivity index (χ3n) is 4.25. The van der Waals surface area contributed by atoms with E-state index in [1.807, 2.05) is 42.5 Å². The molecule has 0 aliphatic heterocycles. The van der Waals surface area contributed by atoms with E-state index in [2.05, 4.69) is 15.6 Å². The van der Waals surface area contributed by atoms with E-state index in [4.69, 9.17) is 10.5 Å². The minimum Gasteiger partial charge on any atom is -0.484 e. The largest absolute Gasteiger partial charge is 0.484 e. The van der Waals surface area contributed by atoms with E-state index in [9.17, 15) is 9.59 Å². The molecule has 0 aromatic heterocycles. The van der Waals surface area contributed by atoms with Crippen molar-refractivity contribution in [3.8, 4) is 5.75 Å². The van der Waals surface area contributed by atoms with Crippen molar-refractivity contribution in [2.24, 2.45) is 10.7 Å². The highest BCUT2D eigenvalue weighted by molar-refractivity contribution is 5.94. The lowest BCUT2D eigenvalue weighted by molar-refractivity contribution is -0.119. The van der Waals surface area contributed by atoms with Gasteiger partial charge in [0.2, 0.25) is 0 Å². The predicted octanol–water partition coefficient (Wildman–Crippen LogP) is 1.16. The van der Waals surface area contributed by atoms with Crippen molar-refractivity contribution in [1.82, 2.24) is 15.5 Å². The van der Waals surface area contributed by atoms with E-state index < -0.39 is 5.91 Å². The van der Waals surface area contributed by atoms with Crippen LogP contribution in [0.4, 0.5) is 0 Å². The standard InChI is InChI=1S/C22H29N5O3/c1-24-22(26-14-17-7-5-9-19(13-17)30-15-20(23)28)25-11-10-16-6-4-8-18(12-16)21(29)27(2)3/h4-9,12-13H,10-11,14-15H2,1-3H3,(H2,23,28)(H2,24,25,26). The van der Waals surface area contributed by atoms with Crippen LogP contribution in [0.1, 0.15) is 21.5 Å². The average Bonchev–Trinajstić information content (AvgIpc) is 2.74. The number of hydrogen-bond donors (Lipinski definition) is 3. The molecule has 0 unspecified atom stereocenters. The fourth-order valence-corrected chi connectivity index (χ4v) is 2.75. The molecule has 0 fully saturated rings. The van der Waals surface area contributed by atoms with Crippen molar-refractivity contribution in [1.29, 1.82) is 0 Å². The Hall–Kier alpha value is -3.55. The monoisotopic (exact) mass is 411 g/mol. The van der Waals surface area contributed by atoms with Gasteiger partial charge in [-0.15, -0.1) is 0 Å². The highest BCUT2D eigenvalue weighted by Gasteiger charge is 2.08. The number of benzene rings is 2. The molecule has 0 heterocycles. The van der Waals surface area contributed by atoms with Crippen molar-refractivity contribution < 1.29 is 14.3 Å². The molecule has 0 radical (unpaired) electrons. The van der Waals surface area contributed by atoms with E-state index in [-0.39, 0.29) is 12.5 Å². The number of guanidine groups is 1. The van der Waals surface area contributed by atoms with Crippen molar-refractivity contribution in [3.05, 3.63) is 65.2 Å². The summed E-state index contributed by atoms with van der Waals surface area (Å²) in [6.45, 7) is 1.06. The normalized spacial score (nSPS) is 11.0. The molecule has 0 atom stereocenters. The van der Waals surface area contributed by atoms with Gasteiger partial charge < -0.3 is 26.0 Å². The number of nitrogens with two attached hydrogens (primary N) is 1. The Bertz CT molecular complexity index is 896. The Morgan fingerprint density at radius 1 is 1.07 bits per heavy atom. The minimum atomic E-state index is -0.514. The minimum absolute atomic E-state index is 0.00988. The quantitative estimate of drug-likeness (QED) is 0.424. The first-order chi connectivity index (χ1) is 14.4. The Morgan fingerprint density at radius 2 is 1.80 bits per heavy atom. The highest BCUT2D eigenvalue weighted by atomic mass is 16.5. The second-order valence-electron chi connectivity index (χ2n) is 6.90. The zero-order chi connectivity index (χ0) is 21.9. The first-order valence-electron chi connectivity index (χ1n) is 9.64. The fraction of sp³-hybridized carbons (Fsp3) is 0.318. The summed E-state index contributed by atoms with van der Waals surface area (Å²) in [6, 6.07) is 15.1. The zero-order valence-corrected chi connectivity index (χ0v) is 17.6. The number of rotatable bonds is 9. The molecule has 0 bridgehead atoms. The second-order valence-corrected chi connectivity index (χ2v) is 6.90. The van der Waals surface area contributed by atoms with Crippen LogP contribution in [0.5, 0.6) is 5.75 Å². The summed E-state index contributed by atoms with van der Waals surface area (Å²) in [5.41, 5.74) is 7.83. The maximum Gasteiger partial charge on any atom is 0.255 e. The lowest BCUT2D eigenvalue weighted by atomic mass is 10.1. The van der Waals surface area contributed by atoms with Gasteiger partial charge in [0.15, 0.2) is 12.6 Å². The van der Waals surface area contributed by atoms with Gasteiger partial charge in [0.25, 0.3) is 11.8 Å². The molecule has 8 nitrogen and oxygen atoms in total. The topological polar surface area (TPSA) is 109 Å². The van der Waals surface area contributed by atoms with Gasteiger partial charge in [0.05, 0.1) is 0 Å². The van der Waals surface area contributed by atoms with Gasteiger partial charge in [-0.3, -0.25) is 14.6 Å². The van der Waals surface area contributed by atoms with Gasteiger partial charge in [-0.2, -0.15) is 0 Å². The average molecular weight is 412 g/mol. The van der Waals surface area contributed by atoms with Gasteiger partial charge in [-0.25, -0.2) is 0 Å². The Morgan fingerprint density at radius 3 is 2.50 bits per heavy atom. The smallest absolute Gasteiger partial charge is 0.255 e. The Balaban J connectivity index is 1.83. The van der Waals surface area contributed by atoms with Crippen LogP contribution in [0.2, 0.25) is 0 Å². The van der Waals surface area contributed by atoms with Crippen LogP contribution in [0, 0.1) is 0 Å². The first kappa shape index (κ1) is 22.7. The van der Waals surface area contributed by atoms with Gasteiger partial charge >= 0.3 is 0 Å². The van der Waals surface area contributed by atoms with E-state index in [1.165, 1.54) is 0 Å². The van der Waals surface area contributed by atoms with Crippen LogP contribution in [-0.2, 0) is 17.8 Å². The number of carbonyl (C=O) groups excluding carboxylic acids is 2. The SMILES string of the molecule is CN=C(NCCc1cccc(C(=O)N(C)C)c1)NCc1cccc(OCC(N)=O)c1. The first-order valence-corrected chi connectivity index (χ1v) is 9.64. The maximum atomic E-state index is 12.1. The number of ether oxygens (including phenoxy) is 1. The van der Waals surface area contributed by atoms with Gasteiger partial charge in [-0.05, 0) is 41.8 Å². The second kappa shape index (κ2) is 11.5. The van der Waals surface area contributed by atoms with Gasteiger partial charge in [0, 0.05) is 39.8 Å². The molecular weight excluding hydrogens is 382 g/mol.